The first-order valence-corrected chi connectivity index (χ1v) is 10.3. The summed E-state index contributed by atoms with van der Waals surface area (Å²) in [7, 11) is 0. The quantitative estimate of drug-likeness (QED) is 0.569. The molecule has 1 saturated heterocycles. The zero-order chi connectivity index (χ0) is 19.2. The van der Waals surface area contributed by atoms with Crippen LogP contribution in [-0.2, 0) is 9.47 Å². The average molecular weight is 380 g/mol. The van der Waals surface area contributed by atoms with Gasteiger partial charge in [-0.2, -0.15) is 4.99 Å². The molecule has 0 aromatic carbocycles. The predicted molar refractivity (Wildman–Crippen MR) is 101 cm³/mol. The first-order valence-electron chi connectivity index (χ1n) is 10.3. The molecule has 1 fully saturated rings. The molecule has 0 bridgehead atoms. The first kappa shape index (κ1) is 20.3. The van der Waals surface area contributed by atoms with Crippen LogP contribution in [0, 0.1) is 5.92 Å². The highest BCUT2D eigenvalue weighted by atomic mass is 16.5. The molecule has 2 amide bonds. The molecule has 7 heteroatoms. The van der Waals surface area contributed by atoms with Gasteiger partial charge in [-0.15, -0.1) is 0 Å². The highest BCUT2D eigenvalue weighted by Gasteiger charge is 2.43. The van der Waals surface area contributed by atoms with E-state index in [2.05, 4.69) is 18.0 Å². The fraction of sp³-hybridized carbons (Fsp3) is 0.800. The van der Waals surface area contributed by atoms with E-state index in [0.29, 0.717) is 18.9 Å². The van der Waals surface area contributed by atoms with Gasteiger partial charge in [0, 0.05) is 19.4 Å². The summed E-state index contributed by atoms with van der Waals surface area (Å²) in [5, 5.41) is 19.1. The van der Waals surface area contributed by atoms with Crippen LogP contribution in [0.15, 0.2) is 16.8 Å². The topological polar surface area (TPSA) is 91.6 Å². The first-order chi connectivity index (χ1) is 13.1. The molecule has 27 heavy (non-hydrogen) atoms. The number of aliphatic imine (C=N–C) groups is 1. The van der Waals surface area contributed by atoms with Crippen LogP contribution in [0.5, 0.6) is 0 Å². The number of carbonyl (C=O) groups excluding carboxylic acids is 1. The molecule has 0 saturated carbocycles. The van der Waals surface area contributed by atoms with Gasteiger partial charge in [-0.3, -0.25) is 4.90 Å². The second-order valence-electron chi connectivity index (χ2n) is 7.71. The van der Waals surface area contributed by atoms with E-state index in [0.717, 1.165) is 18.6 Å². The molecule has 2 N–H and O–H groups in total. The highest BCUT2D eigenvalue weighted by molar-refractivity contribution is 5.97. The third-order valence-corrected chi connectivity index (χ3v) is 5.54. The third-order valence-electron chi connectivity index (χ3n) is 5.54. The van der Waals surface area contributed by atoms with Crippen LogP contribution in [0.1, 0.15) is 64.7 Å². The standard InChI is InChI=1S/C20H32N2O5/c1-2-3-4-5-6-7-8-9-15-10-14-12-22(20(25)21-19(14)26-15)18-11-16(24)17(13-23)27-18/h10,14,16-18,23-24H,2-9,11-13H2,1H3/t14?,16-,17+,18+/m0/s1. The number of aliphatic hydroxyl groups excluding tert-OH is 2. The van der Waals surface area contributed by atoms with Crippen molar-refractivity contribution in [2.75, 3.05) is 13.2 Å². The number of hydrogen-bond acceptors (Lipinski definition) is 5. The lowest BCUT2D eigenvalue weighted by Crippen LogP contribution is -2.46. The van der Waals surface area contributed by atoms with Gasteiger partial charge >= 0.3 is 6.03 Å². The fourth-order valence-electron chi connectivity index (χ4n) is 3.93. The third kappa shape index (κ3) is 5.09. The molecule has 152 valence electrons. The average Bonchev–Trinajstić information content (AvgIpc) is 3.22. The van der Waals surface area contributed by atoms with Crippen LogP contribution in [0.2, 0.25) is 0 Å². The number of allylic oxidation sites excluding steroid dienone is 1. The number of amides is 2. The van der Waals surface area contributed by atoms with E-state index in [1.54, 1.807) is 0 Å². The van der Waals surface area contributed by atoms with E-state index in [9.17, 15) is 15.0 Å². The van der Waals surface area contributed by atoms with Crippen molar-refractivity contribution in [1.82, 2.24) is 4.90 Å². The molecule has 3 aliphatic heterocycles. The predicted octanol–water partition coefficient (Wildman–Crippen LogP) is 2.96. The van der Waals surface area contributed by atoms with Crippen LogP contribution in [0.4, 0.5) is 4.79 Å². The molecule has 3 heterocycles. The molecule has 7 nitrogen and oxygen atoms in total. The minimum Gasteiger partial charge on any atom is -0.447 e. The van der Waals surface area contributed by atoms with Crippen molar-refractivity contribution in [3.63, 3.8) is 0 Å². The van der Waals surface area contributed by atoms with Crippen LogP contribution in [-0.4, -0.2) is 58.6 Å². The Kier molecular flexibility index (Phi) is 7.26. The molecule has 0 radical (unpaired) electrons. The van der Waals surface area contributed by atoms with Crippen molar-refractivity contribution < 1.29 is 24.5 Å². The molecule has 4 atom stereocenters. The number of ether oxygens (including phenoxy) is 2. The minimum absolute atomic E-state index is 0.0452. The van der Waals surface area contributed by atoms with Crippen LogP contribution in [0.25, 0.3) is 0 Å². The molecular formula is C20H32N2O5. The van der Waals surface area contributed by atoms with Gasteiger partial charge in [0.25, 0.3) is 0 Å². The molecule has 3 rings (SSSR count). The number of fused-ring (bicyclic) bond motifs is 1. The normalized spacial score (nSPS) is 30.2. The van der Waals surface area contributed by atoms with Gasteiger partial charge in [0.1, 0.15) is 18.1 Å². The van der Waals surface area contributed by atoms with Gasteiger partial charge in [-0.1, -0.05) is 45.4 Å². The van der Waals surface area contributed by atoms with E-state index < -0.39 is 24.5 Å². The number of nitrogens with zero attached hydrogens (tertiary/aromatic N) is 2. The number of unbranched alkanes of at least 4 members (excludes halogenated alkanes) is 6. The molecule has 3 aliphatic rings. The molecule has 0 spiro atoms. The number of aliphatic hydroxyl groups is 2. The molecule has 0 aliphatic carbocycles. The van der Waals surface area contributed by atoms with Gasteiger partial charge in [-0.05, 0) is 12.5 Å². The number of hydrogen-bond donors (Lipinski definition) is 2. The zero-order valence-corrected chi connectivity index (χ0v) is 16.2. The Morgan fingerprint density at radius 3 is 2.67 bits per heavy atom. The number of carbonyl (C=O) groups is 1. The van der Waals surface area contributed by atoms with Crippen LogP contribution >= 0.6 is 0 Å². The highest BCUT2D eigenvalue weighted by Crippen LogP contribution is 2.31. The van der Waals surface area contributed by atoms with Gasteiger partial charge in [0.2, 0.25) is 5.90 Å². The smallest absolute Gasteiger partial charge is 0.348 e. The van der Waals surface area contributed by atoms with Gasteiger partial charge in [-0.25, -0.2) is 4.79 Å². The summed E-state index contributed by atoms with van der Waals surface area (Å²) in [5.74, 6) is 1.34. The Hall–Kier alpha value is -1.44. The van der Waals surface area contributed by atoms with E-state index in [-0.39, 0.29) is 12.5 Å². The Morgan fingerprint density at radius 2 is 1.96 bits per heavy atom. The van der Waals surface area contributed by atoms with Crippen molar-refractivity contribution >= 4 is 11.9 Å². The lowest BCUT2D eigenvalue weighted by atomic mass is 10.1. The van der Waals surface area contributed by atoms with Gasteiger partial charge < -0.3 is 19.7 Å². The summed E-state index contributed by atoms with van der Waals surface area (Å²) in [4.78, 5) is 17.9. The monoisotopic (exact) mass is 380 g/mol. The lowest BCUT2D eigenvalue weighted by molar-refractivity contribution is -0.0648. The maximum absolute atomic E-state index is 12.3. The van der Waals surface area contributed by atoms with Crippen LogP contribution in [0.3, 0.4) is 0 Å². The maximum Gasteiger partial charge on any atom is 0.348 e. The van der Waals surface area contributed by atoms with Crippen molar-refractivity contribution in [2.24, 2.45) is 10.9 Å². The summed E-state index contributed by atoms with van der Waals surface area (Å²) in [5.41, 5.74) is 0. The van der Waals surface area contributed by atoms with E-state index >= 15 is 0 Å². The van der Waals surface area contributed by atoms with E-state index in [1.165, 1.54) is 43.4 Å². The molecule has 0 aromatic heterocycles. The molecular weight excluding hydrogens is 348 g/mol. The van der Waals surface area contributed by atoms with Gasteiger partial charge in [0.15, 0.2) is 0 Å². The maximum atomic E-state index is 12.3. The zero-order valence-electron chi connectivity index (χ0n) is 16.2. The van der Waals surface area contributed by atoms with Crippen molar-refractivity contribution in [3.8, 4) is 0 Å². The van der Waals surface area contributed by atoms with Crippen molar-refractivity contribution in [3.05, 3.63) is 11.8 Å². The Balaban J connectivity index is 1.46. The Morgan fingerprint density at radius 1 is 1.22 bits per heavy atom. The second kappa shape index (κ2) is 9.66. The summed E-state index contributed by atoms with van der Waals surface area (Å²) < 4.78 is 11.4. The van der Waals surface area contributed by atoms with E-state index in [1.807, 2.05) is 0 Å². The van der Waals surface area contributed by atoms with Crippen molar-refractivity contribution in [2.45, 2.75) is 83.1 Å². The molecule has 0 aromatic rings. The number of urea groups is 1. The number of rotatable bonds is 10. The van der Waals surface area contributed by atoms with Crippen molar-refractivity contribution in [1.29, 1.82) is 0 Å². The summed E-state index contributed by atoms with van der Waals surface area (Å²) in [6, 6.07) is -0.400. The fourth-order valence-corrected chi connectivity index (χ4v) is 3.93. The van der Waals surface area contributed by atoms with Crippen LogP contribution < -0.4 is 0 Å². The lowest BCUT2D eigenvalue weighted by Gasteiger charge is -2.31. The summed E-state index contributed by atoms with van der Waals surface area (Å²) in [6.45, 7) is 2.40. The molecule has 1 unspecified atom stereocenters. The largest absolute Gasteiger partial charge is 0.447 e. The second-order valence-corrected chi connectivity index (χ2v) is 7.71. The summed E-state index contributed by atoms with van der Waals surface area (Å²) >= 11 is 0. The van der Waals surface area contributed by atoms with E-state index in [4.69, 9.17) is 9.47 Å². The Bertz CT molecular complexity index is 577. The SMILES string of the molecule is CCCCCCCCCC1=CC2CN([C@H]3C[C@H](O)[C@@H](CO)O3)C(=O)N=C2O1. The minimum atomic E-state index is -0.763. The van der Waals surface area contributed by atoms with Gasteiger partial charge in [0.05, 0.1) is 18.6 Å². The Labute approximate surface area is 161 Å². The summed E-state index contributed by atoms with van der Waals surface area (Å²) in [6.07, 6.45) is 10.0.